The summed E-state index contributed by atoms with van der Waals surface area (Å²) in [7, 11) is 3.71. The lowest BCUT2D eigenvalue weighted by Crippen LogP contribution is -2.15. The SMILES string of the molecule is COc1cccc(CN(C)c2ncc(C(C)N)s2)c1. The van der Waals surface area contributed by atoms with Crippen LogP contribution in [0.1, 0.15) is 23.4 Å². The summed E-state index contributed by atoms with van der Waals surface area (Å²) < 4.78 is 5.23. The summed E-state index contributed by atoms with van der Waals surface area (Å²) in [6.07, 6.45) is 1.85. The molecule has 0 amide bonds. The second-order valence-electron chi connectivity index (χ2n) is 4.54. The van der Waals surface area contributed by atoms with E-state index in [1.807, 2.05) is 38.4 Å². The van der Waals surface area contributed by atoms with Gasteiger partial charge in [-0.3, -0.25) is 0 Å². The van der Waals surface area contributed by atoms with Gasteiger partial charge in [-0.2, -0.15) is 0 Å². The molecule has 1 unspecified atom stereocenters. The summed E-state index contributed by atoms with van der Waals surface area (Å²) in [6.45, 7) is 2.77. The molecule has 0 bridgehead atoms. The first-order chi connectivity index (χ1) is 9.10. The number of methoxy groups -OCH3 is 1. The van der Waals surface area contributed by atoms with E-state index in [1.165, 1.54) is 5.56 Å². The standard InChI is InChI=1S/C14H19N3OS/c1-10(15)13-8-16-14(19-13)17(2)9-11-5-4-6-12(7-11)18-3/h4-8,10H,9,15H2,1-3H3. The quantitative estimate of drug-likeness (QED) is 0.913. The monoisotopic (exact) mass is 277 g/mol. The van der Waals surface area contributed by atoms with Crippen molar-refractivity contribution in [2.24, 2.45) is 5.73 Å². The van der Waals surface area contributed by atoms with Crippen molar-refractivity contribution >= 4 is 16.5 Å². The molecule has 1 aromatic heterocycles. The Morgan fingerprint density at radius 3 is 2.89 bits per heavy atom. The number of hydrogen-bond donors (Lipinski definition) is 1. The summed E-state index contributed by atoms with van der Waals surface area (Å²) in [5.41, 5.74) is 7.05. The Labute approximate surface area is 117 Å². The second-order valence-corrected chi connectivity index (χ2v) is 5.58. The molecule has 2 N–H and O–H groups in total. The zero-order valence-corrected chi connectivity index (χ0v) is 12.3. The molecule has 1 heterocycles. The molecule has 2 aromatic rings. The Bertz CT molecular complexity index is 539. The van der Waals surface area contributed by atoms with Crippen molar-refractivity contribution in [1.29, 1.82) is 0 Å². The van der Waals surface area contributed by atoms with Gasteiger partial charge in [0.25, 0.3) is 0 Å². The maximum absolute atomic E-state index is 5.85. The summed E-state index contributed by atoms with van der Waals surface area (Å²) in [5, 5.41) is 0.982. The number of benzene rings is 1. The van der Waals surface area contributed by atoms with Crippen LogP contribution in [0.15, 0.2) is 30.5 Å². The lowest BCUT2D eigenvalue weighted by molar-refractivity contribution is 0.414. The zero-order valence-electron chi connectivity index (χ0n) is 11.5. The Morgan fingerprint density at radius 1 is 1.47 bits per heavy atom. The predicted molar refractivity (Wildman–Crippen MR) is 79.8 cm³/mol. The lowest BCUT2D eigenvalue weighted by Gasteiger charge is -2.16. The molecule has 0 aliphatic rings. The van der Waals surface area contributed by atoms with Crippen LogP contribution in [0.4, 0.5) is 5.13 Å². The van der Waals surface area contributed by atoms with E-state index in [9.17, 15) is 0 Å². The molecular weight excluding hydrogens is 258 g/mol. The van der Waals surface area contributed by atoms with E-state index < -0.39 is 0 Å². The van der Waals surface area contributed by atoms with Gasteiger partial charge in [-0.25, -0.2) is 4.98 Å². The van der Waals surface area contributed by atoms with Crippen LogP contribution >= 0.6 is 11.3 Å². The first-order valence-corrected chi connectivity index (χ1v) is 6.97. The number of aromatic nitrogens is 1. The van der Waals surface area contributed by atoms with Crippen molar-refractivity contribution in [3.8, 4) is 5.75 Å². The van der Waals surface area contributed by atoms with E-state index in [4.69, 9.17) is 10.5 Å². The van der Waals surface area contributed by atoms with Gasteiger partial charge in [0.15, 0.2) is 5.13 Å². The van der Waals surface area contributed by atoms with Gasteiger partial charge in [-0.15, -0.1) is 11.3 Å². The second kappa shape index (κ2) is 6.04. The maximum Gasteiger partial charge on any atom is 0.185 e. The number of anilines is 1. The van der Waals surface area contributed by atoms with Gasteiger partial charge in [0.2, 0.25) is 0 Å². The largest absolute Gasteiger partial charge is 0.497 e. The molecule has 0 fully saturated rings. The van der Waals surface area contributed by atoms with Crippen molar-refractivity contribution in [2.75, 3.05) is 19.1 Å². The van der Waals surface area contributed by atoms with Gasteiger partial charge < -0.3 is 15.4 Å². The number of thiazole rings is 1. The number of rotatable bonds is 5. The number of nitrogens with zero attached hydrogens (tertiary/aromatic N) is 2. The van der Waals surface area contributed by atoms with E-state index >= 15 is 0 Å². The van der Waals surface area contributed by atoms with Crippen LogP contribution in [0.25, 0.3) is 0 Å². The molecule has 0 radical (unpaired) electrons. The molecule has 1 atom stereocenters. The van der Waals surface area contributed by atoms with Crippen LogP contribution in [-0.4, -0.2) is 19.1 Å². The van der Waals surface area contributed by atoms with Crippen molar-refractivity contribution in [3.63, 3.8) is 0 Å². The van der Waals surface area contributed by atoms with Crippen molar-refractivity contribution in [3.05, 3.63) is 40.9 Å². The first-order valence-electron chi connectivity index (χ1n) is 6.15. The molecular formula is C14H19N3OS. The van der Waals surface area contributed by atoms with Crippen LogP contribution in [0.2, 0.25) is 0 Å². The topological polar surface area (TPSA) is 51.4 Å². The van der Waals surface area contributed by atoms with Crippen LogP contribution in [-0.2, 0) is 6.54 Å². The van der Waals surface area contributed by atoms with Gasteiger partial charge in [0.05, 0.1) is 7.11 Å². The van der Waals surface area contributed by atoms with Gasteiger partial charge in [0.1, 0.15) is 5.75 Å². The predicted octanol–water partition coefficient (Wildman–Crippen LogP) is 2.81. The molecule has 0 spiro atoms. The number of nitrogens with two attached hydrogens (primary N) is 1. The molecule has 4 nitrogen and oxygen atoms in total. The highest BCUT2D eigenvalue weighted by atomic mass is 32.1. The molecule has 0 aliphatic heterocycles. The third kappa shape index (κ3) is 3.45. The van der Waals surface area contributed by atoms with E-state index in [0.717, 1.165) is 22.3 Å². The summed E-state index contributed by atoms with van der Waals surface area (Å²) in [4.78, 5) is 7.63. The minimum atomic E-state index is 0.0384. The normalized spacial score (nSPS) is 12.2. The summed E-state index contributed by atoms with van der Waals surface area (Å²) >= 11 is 1.64. The van der Waals surface area contributed by atoms with Crippen LogP contribution in [0.3, 0.4) is 0 Å². The Morgan fingerprint density at radius 2 is 2.26 bits per heavy atom. The van der Waals surface area contributed by atoms with Gasteiger partial charge in [0, 0.05) is 30.7 Å². The van der Waals surface area contributed by atoms with Crippen molar-refractivity contribution in [1.82, 2.24) is 4.98 Å². The molecule has 0 saturated carbocycles. The molecule has 1 aromatic carbocycles. The number of hydrogen-bond acceptors (Lipinski definition) is 5. The molecule has 2 rings (SSSR count). The van der Waals surface area contributed by atoms with Gasteiger partial charge in [-0.05, 0) is 24.6 Å². The maximum atomic E-state index is 5.85. The van der Waals surface area contributed by atoms with E-state index in [1.54, 1.807) is 18.4 Å². The summed E-state index contributed by atoms with van der Waals surface area (Å²) in [5.74, 6) is 0.876. The highest BCUT2D eigenvalue weighted by Gasteiger charge is 2.10. The van der Waals surface area contributed by atoms with Crippen molar-refractivity contribution < 1.29 is 4.74 Å². The molecule has 0 aliphatic carbocycles. The Hall–Kier alpha value is -1.59. The third-order valence-corrected chi connectivity index (χ3v) is 4.15. The lowest BCUT2D eigenvalue weighted by atomic mass is 10.2. The zero-order chi connectivity index (χ0) is 13.8. The van der Waals surface area contributed by atoms with Gasteiger partial charge >= 0.3 is 0 Å². The van der Waals surface area contributed by atoms with Crippen LogP contribution in [0, 0.1) is 0 Å². The Balaban J connectivity index is 2.08. The molecule has 0 saturated heterocycles. The number of ether oxygens (including phenoxy) is 1. The fourth-order valence-corrected chi connectivity index (χ4v) is 2.60. The fourth-order valence-electron chi connectivity index (χ4n) is 1.78. The van der Waals surface area contributed by atoms with E-state index in [2.05, 4.69) is 16.0 Å². The van der Waals surface area contributed by atoms with E-state index in [-0.39, 0.29) is 6.04 Å². The molecule has 102 valence electrons. The summed E-state index contributed by atoms with van der Waals surface area (Å²) in [6, 6.07) is 8.10. The van der Waals surface area contributed by atoms with Crippen LogP contribution < -0.4 is 15.4 Å². The third-order valence-electron chi connectivity index (χ3n) is 2.84. The van der Waals surface area contributed by atoms with E-state index in [0.29, 0.717) is 0 Å². The molecule has 5 heteroatoms. The minimum absolute atomic E-state index is 0.0384. The smallest absolute Gasteiger partial charge is 0.185 e. The minimum Gasteiger partial charge on any atom is -0.497 e. The Kier molecular flexibility index (Phi) is 4.39. The molecule has 19 heavy (non-hydrogen) atoms. The highest BCUT2D eigenvalue weighted by molar-refractivity contribution is 7.15. The highest BCUT2D eigenvalue weighted by Crippen LogP contribution is 2.26. The average Bonchev–Trinajstić information content (AvgIpc) is 2.89. The fraction of sp³-hybridized carbons (Fsp3) is 0.357. The average molecular weight is 277 g/mol. The van der Waals surface area contributed by atoms with Crippen LogP contribution in [0.5, 0.6) is 5.75 Å². The van der Waals surface area contributed by atoms with Gasteiger partial charge in [-0.1, -0.05) is 12.1 Å². The van der Waals surface area contributed by atoms with Crippen molar-refractivity contribution in [2.45, 2.75) is 19.5 Å². The first kappa shape index (κ1) is 13.8.